The molecule has 0 radical (unpaired) electrons. The SMILES string of the molecule is Cc1ccc(-c2noc(CN3CCCC(C(=O)NC(C)c4ccccc4C)C3)n2)cc1. The zero-order valence-electron chi connectivity index (χ0n) is 18.5. The second kappa shape index (κ2) is 9.43. The Hall–Kier alpha value is -2.99. The van der Waals surface area contributed by atoms with Gasteiger partial charge in [0.1, 0.15) is 0 Å². The molecule has 31 heavy (non-hydrogen) atoms. The number of likely N-dealkylation sites (tertiary alicyclic amines) is 1. The van der Waals surface area contributed by atoms with Crippen LogP contribution < -0.4 is 5.32 Å². The summed E-state index contributed by atoms with van der Waals surface area (Å²) in [4.78, 5) is 19.7. The van der Waals surface area contributed by atoms with Crippen molar-refractivity contribution < 1.29 is 9.32 Å². The average molecular weight is 419 g/mol. The zero-order chi connectivity index (χ0) is 21.8. The van der Waals surface area contributed by atoms with Gasteiger partial charge in [0.05, 0.1) is 18.5 Å². The molecule has 0 aliphatic carbocycles. The fourth-order valence-corrected chi connectivity index (χ4v) is 4.23. The Bertz CT molecular complexity index is 1030. The lowest BCUT2D eigenvalue weighted by Crippen LogP contribution is -2.43. The number of carbonyl (C=O) groups excluding carboxylic acids is 1. The number of hydrogen-bond acceptors (Lipinski definition) is 5. The molecule has 1 aliphatic rings. The molecule has 6 heteroatoms. The van der Waals surface area contributed by atoms with Crippen LogP contribution in [0.25, 0.3) is 11.4 Å². The maximum atomic E-state index is 12.9. The van der Waals surface area contributed by atoms with E-state index in [1.54, 1.807) is 0 Å². The predicted octanol–water partition coefficient (Wildman–Crippen LogP) is 4.44. The van der Waals surface area contributed by atoms with Crippen LogP contribution in [0.4, 0.5) is 0 Å². The average Bonchev–Trinajstić information content (AvgIpc) is 3.23. The molecule has 1 saturated heterocycles. The van der Waals surface area contributed by atoms with Gasteiger partial charge in [-0.3, -0.25) is 9.69 Å². The van der Waals surface area contributed by atoms with Gasteiger partial charge >= 0.3 is 0 Å². The molecule has 6 nitrogen and oxygen atoms in total. The van der Waals surface area contributed by atoms with Crippen LogP contribution in [0.15, 0.2) is 53.1 Å². The van der Waals surface area contributed by atoms with E-state index in [9.17, 15) is 4.79 Å². The fourth-order valence-electron chi connectivity index (χ4n) is 4.23. The number of nitrogens with one attached hydrogen (secondary N) is 1. The maximum Gasteiger partial charge on any atom is 0.241 e. The molecule has 2 heterocycles. The van der Waals surface area contributed by atoms with Crippen molar-refractivity contribution in [3.8, 4) is 11.4 Å². The van der Waals surface area contributed by atoms with Crippen LogP contribution in [0.5, 0.6) is 0 Å². The number of piperidine rings is 1. The highest BCUT2D eigenvalue weighted by Gasteiger charge is 2.28. The smallest absolute Gasteiger partial charge is 0.241 e. The van der Waals surface area contributed by atoms with Crippen LogP contribution >= 0.6 is 0 Å². The van der Waals surface area contributed by atoms with Crippen molar-refractivity contribution >= 4 is 5.91 Å². The standard InChI is InChI=1S/C25H30N4O2/c1-17-10-12-20(13-11-17)24-27-23(31-28-24)16-29-14-6-8-21(15-29)25(30)26-19(3)22-9-5-4-7-18(22)2/h4-5,7,9-13,19,21H,6,8,14-16H2,1-3H3,(H,26,30). The number of rotatable bonds is 6. The largest absolute Gasteiger partial charge is 0.349 e. The molecule has 2 atom stereocenters. The number of hydrogen-bond donors (Lipinski definition) is 1. The summed E-state index contributed by atoms with van der Waals surface area (Å²) in [6, 6.07) is 16.3. The van der Waals surface area contributed by atoms with E-state index in [1.807, 2.05) is 43.3 Å². The highest BCUT2D eigenvalue weighted by molar-refractivity contribution is 5.79. The van der Waals surface area contributed by atoms with Gasteiger partial charge in [0, 0.05) is 12.1 Å². The summed E-state index contributed by atoms with van der Waals surface area (Å²) in [6.45, 7) is 8.38. The second-order valence-corrected chi connectivity index (χ2v) is 8.54. The number of benzene rings is 2. The van der Waals surface area contributed by atoms with Crippen molar-refractivity contribution in [1.29, 1.82) is 0 Å². The molecule has 1 N–H and O–H groups in total. The lowest BCUT2D eigenvalue weighted by molar-refractivity contribution is -0.127. The normalized spacial score (nSPS) is 18.0. The number of aryl methyl sites for hydroxylation is 2. The minimum absolute atomic E-state index is 0.00270. The number of amides is 1. The molecule has 162 valence electrons. The molecule has 2 aromatic carbocycles. The minimum Gasteiger partial charge on any atom is -0.349 e. The molecule has 0 saturated carbocycles. The Morgan fingerprint density at radius 3 is 2.74 bits per heavy atom. The van der Waals surface area contributed by atoms with E-state index in [0.717, 1.165) is 30.5 Å². The summed E-state index contributed by atoms with van der Waals surface area (Å²) >= 11 is 0. The van der Waals surface area contributed by atoms with Crippen molar-refractivity contribution in [1.82, 2.24) is 20.4 Å². The van der Waals surface area contributed by atoms with Gasteiger partial charge in [-0.1, -0.05) is 59.3 Å². The summed E-state index contributed by atoms with van der Waals surface area (Å²) in [6.07, 6.45) is 1.89. The van der Waals surface area contributed by atoms with E-state index >= 15 is 0 Å². The Balaban J connectivity index is 1.35. The predicted molar refractivity (Wildman–Crippen MR) is 120 cm³/mol. The highest BCUT2D eigenvalue weighted by Crippen LogP contribution is 2.22. The first kappa shape index (κ1) is 21.2. The third kappa shape index (κ3) is 5.20. The van der Waals surface area contributed by atoms with Gasteiger partial charge < -0.3 is 9.84 Å². The van der Waals surface area contributed by atoms with Crippen molar-refractivity contribution in [3.05, 3.63) is 71.1 Å². The number of nitrogens with zero attached hydrogens (tertiary/aromatic N) is 3. The molecule has 1 aromatic heterocycles. The Kier molecular flexibility index (Phi) is 6.47. The highest BCUT2D eigenvalue weighted by atomic mass is 16.5. The van der Waals surface area contributed by atoms with E-state index in [0.29, 0.717) is 24.8 Å². The third-order valence-corrected chi connectivity index (χ3v) is 6.03. The molecule has 0 spiro atoms. The van der Waals surface area contributed by atoms with Crippen molar-refractivity contribution in [2.75, 3.05) is 13.1 Å². The summed E-state index contributed by atoms with van der Waals surface area (Å²) in [7, 11) is 0. The summed E-state index contributed by atoms with van der Waals surface area (Å²) in [5.74, 6) is 1.28. The first-order chi connectivity index (χ1) is 15.0. The quantitative estimate of drug-likeness (QED) is 0.641. The summed E-state index contributed by atoms with van der Waals surface area (Å²) in [5.41, 5.74) is 4.50. The number of carbonyl (C=O) groups is 1. The van der Waals surface area contributed by atoms with Gasteiger partial charge in [-0.05, 0) is 51.3 Å². The van der Waals surface area contributed by atoms with Gasteiger partial charge in [0.25, 0.3) is 0 Å². The second-order valence-electron chi connectivity index (χ2n) is 8.54. The van der Waals surface area contributed by atoms with Gasteiger partial charge in [0.15, 0.2) is 0 Å². The summed E-state index contributed by atoms with van der Waals surface area (Å²) < 4.78 is 5.48. The van der Waals surface area contributed by atoms with Crippen molar-refractivity contribution in [2.24, 2.45) is 5.92 Å². The van der Waals surface area contributed by atoms with Crippen LogP contribution in [-0.4, -0.2) is 34.0 Å². The molecule has 1 aliphatic heterocycles. The van der Waals surface area contributed by atoms with E-state index in [4.69, 9.17) is 4.52 Å². The lowest BCUT2D eigenvalue weighted by atomic mass is 9.95. The first-order valence-corrected chi connectivity index (χ1v) is 11.0. The van der Waals surface area contributed by atoms with Crippen molar-refractivity contribution in [2.45, 2.75) is 46.2 Å². The number of aromatic nitrogens is 2. The van der Waals surface area contributed by atoms with E-state index < -0.39 is 0 Å². The van der Waals surface area contributed by atoms with E-state index in [-0.39, 0.29) is 17.9 Å². The molecule has 3 aromatic rings. The van der Waals surface area contributed by atoms with Gasteiger partial charge in [-0.25, -0.2) is 0 Å². The maximum absolute atomic E-state index is 12.9. The van der Waals surface area contributed by atoms with E-state index in [2.05, 4.69) is 46.3 Å². The fraction of sp³-hybridized carbons (Fsp3) is 0.400. The zero-order valence-corrected chi connectivity index (χ0v) is 18.5. The van der Waals surface area contributed by atoms with Gasteiger partial charge in [-0.15, -0.1) is 0 Å². The molecule has 1 amide bonds. The molecular weight excluding hydrogens is 388 g/mol. The van der Waals surface area contributed by atoms with Crippen LogP contribution in [0.2, 0.25) is 0 Å². The summed E-state index contributed by atoms with van der Waals surface area (Å²) in [5, 5.41) is 7.33. The van der Waals surface area contributed by atoms with Crippen LogP contribution in [0.3, 0.4) is 0 Å². The van der Waals surface area contributed by atoms with Crippen molar-refractivity contribution in [3.63, 3.8) is 0 Å². The molecular formula is C25H30N4O2. The van der Waals surface area contributed by atoms with Gasteiger partial charge in [-0.2, -0.15) is 4.98 Å². The lowest BCUT2D eigenvalue weighted by Gasteiger charge is -2.31. The van der Waals surface area contributed by atoms with Crippen LogP contribution in [0, 0.1) is 19.8 Å². The molecule has 1 fully saturated rings. The van der Waals surface area contributed by atoms with Crippen LogP contribution in [-0.2, 0) is 11.3 Å². The third-order valence-electron chi connectivity index (χ3n) is 6.03. The van der Waals surface area contributed by atoms with E-state index in [1.165, 1.54) is 11.1 Å². The van der Waals surface area contributed by atoms with Gasteiger partial charge in [0.2, 0.25) is 17.6 Å². The Morgan fingerprint density at radius 2 is 1.97 bits per heavy atom. The molecule has 0 bridgehead atoms. The topological polar surface area (TPSA) is 71.3 Å². The monoisotopic (exact) mass is 418 g/mol. The molecule has 2 unspecified atom stereocenters. The Labute approximate surface area is 183 Å². The van der Waals surface area contributed by atoms with Crippen LogP contribution in [0.1, 0.15) is 48.4 Å². The Morgan fingerprint density at radius 1 is 1.19 bits per heavy atom. The first-order valence-electron chi connectivity index (χ1n) is 11.0. The molecule has 4 rings (SSSR count). The minimum atomic E-state index is -0.0280.